The Morgan fingerprint density at radius 3 is 2.88 bits per heavy atom. The molecule has 0 amide bonds. The number of nitrogens with one attached hydrogen (secondary N) is 1. The minimum atomic E-state index is -3.78. The molecule has 1 fully saturated rings. The number of benzene rings is 1. The molecule has 0 radical (unpaired) electrons. The molecular weight excluding hydrogens is 382 g/mol. The Morgan fingerprint density at radius 2 is 2.19 bits per heavy atom. The van der Waals surface area contributed by atoms with E-state index >= 15 is 0 Å². The molecule has 1 aromatic heterocycles. The second kappa shape index (κ2) is 7.68. The Bertz CT molecular complexity index is 911. The maximum Gasteiger partial charge on any atom is 0.338 e. The highest BCUT2D eigenvalue weighted by molar-refractivity contribution is 7.89. The molecule has 1 saturated carbocycles. The second-order valence-electron chi connectivity index (χ2n) is 5.94. The monoisotopic (exact) mass is 399 g/mol. The normalized spacial score (nSPS) is 14.4. The van der Waals surface area contributed by atoms with E-state index in [-0.39, 0.29) is 28.1 Å². The summed E-state index contributed by atoms with van der Waals surface area (Å²) >= 11 is 6.00. The zero-order valence-electron chi connectivity index (χ0n) is 14.1. The van der Waals surface area contributed by atoms with Crippen LogP contribution in [0.15, 0.2) is 23.1 Å². The molecule has 0 atom stereocenters. The van der Waals surface area contributed by atoms with Gasteiger partial charge >= 0.3 is 5.97 Å². The Morgan fingerprint density at radius 1 is 1.42 bits per heavy atom. The van der Waals surface area contributed by atoms with Gasteiger partial charge in [0.05, 0.1) is 10.6 Å². The summed E-state index contributed by atoms with van der Waals surface area (Å²) in [6.45, 7) is 2.47. The number of carbonyl (C=O) groups is 1. The number of aryl methyl sites for hydroxylation is 1. The zero-order valence-corrected chi connectivity index (χ0v) is 15.6. The first-order chi connectivity index (χ1) is 12.4. The van der Waals surface area contributed by atoms with Crippen LogP contribution in [-0.4, -0.2) is 40.6 Å². The van der Waals surface area contributed by atoms with Gasteiger partial charge in [-0.15, -0.1) is 5.10 Å². The fourth-order valence-corrected chi connectivity index (χ4v) is 4.08. The molecule has 26 heavy (non-hydrogen) atoms. The molecule has 140 valence electrons. The van der Waals surface area contributed by atoms with E-state index in [9.17, 15) is 13.2 Å². The van der Waals surface area contributed by atoms with Crippen LogP contribution < -0.4 is 4.72 Å². The predicted octanol–water partition coefficient (Wildman–Crippen LogP) is 1.53. The third-order valence-corrected chi connectivity index (χ3v) is 5.73. The van der Waals surface area contributed by atoms with Crippen LogP contribution >= 0.6 is 11.6 Å². The summed E-state index contributed by atoms with van der Waals surface area (Å²) in [7, 11) is -3.78. The molecule has 1 aliphatic rings. The molecule has 2 aromatic rings. The van der Waals surface area contributed by atoms with Crippen molar-refractivity contribution in [3.05, 3.63) is 34.6 Å². The summed E-state index contributed by atoms with van der Waals surface area (Å²) in [5, 5.41) is 11.2. The Balaban J connectivity index is 1.73. The van der Waals surface area contributed by atoms with E-state index in [4.69, 9.17) is 16.3 Å². The number of rotatable bonds is 8. The maximum atomic E-state index is 12.4. The lowest BCUT2D eigenvalue weighted by Gasteiger charge is -2.10. The highest BCUT2D eigenvalue weighted by atomic mass is 35.5. The molecule has 1 N–H and O–H groups in total. The van der Waals surface area contributed by atoms with Crippen molar-refractivity contribution in [2.75, 3.05) is 0 Å². The van der Waals surface area contributed by atoms with Crippen LogP contribution in [0.25, 0.3) is 0 Å². The number of aromatic nitrogens is 4. The molecule has 9 nitrogen and oxygen atoms in total. The van der Waals surface area contributed by atoms with Crippen molar-refractivity contribution in [2.45, 2.75) is 50.3 Å². The number of hydrogen-bond donors (Lipinski definition) is 1. The summed E-state index contributed by atoms with van der Waals surface area (Å²) in [6.07, 6.45) is 2.43. The van der Waals surface area contributed by atoms with E-state index in [0.29, 0.717) is 12.4 Å². The molecule has 0 spiro atoms. The van der Waals surface area contributed by atoms with Gasteiger partial charge in [0.1, 0.15) is 4.90 Å². The standard InChI is InChI=1S/C15H18ClN5O4S/c1-2-7-21-14(17-19-20-21)9-25-15(22)10-3-6-12(16)13(8-10)26(23,24)18-11-4-5-11/h3,6,8,11,18H,2,4-5,7,9H2,1H3. The summed E-state index contributed by atoms with van der Waals surface area (Å²) < 4.78 is 34.0. The molecule has 1 aromatic carbocycles. The highest BCUT2D eigenvalue weighted by Crippen LogP contribution is 2.27. The van der Waals surface area contributed by atoms with Gasteiger partial charge in [0, 0.05) is 12.6 Å². The van der Waals surface area contributed by atoms with Gasteiger partial charge in [0.2, 0.25) is 10.0 Å². The number of hydrogen-bond acceptors (Lipinski definition) is 7. The summed E-state index contributed by atoms with van der Waals surface area (Å²) in [6, 6.07) is 3.92. The van der Waals surface area contributed by atoms with E-state index in [1.54, 1.807) is 4.68 Å². The average molecular weight is 400 g/mol. The topological polar surface area (TPSA) is 116 Å². The number of sulfonamides is 1. The number of carbonyl (C=O) groups excluding carboxylic acids is 1. The number of ether oxygens (including phenoxy) is 1. The average Bonchev–Trinajstić information content (AvgIpc) is 3.29. The lowest BCUT2D eigenvalue weighted by Crippen LogP contribution is -2.26. The summed E-state index contributed by atoms with van der Waals surface area (Å²) in [5.74, 6) is -0.270. The van der Waals surface area contributed by atoms with Gasteiger partial charge < -0.3 is 4.74 Å². The second-order valence-corrected chi connectivity index (χ2v) is 8.02. The Labute approximate surface area is 155 Å². The maximum absolute atomic E-state index is 12.4. The van der Waals surface area contributed by atoms with Crippen LogP contribution in [0.1, 0.15) is 42.4 Å². The van der Waals surface area contributed by atoms with Gasteiger partial charge in [-0.2, -0.15) is 0 Å². The van der Waals surface area contributed by atoms with E-state index in [1.807, 2.05) is 6.92 Å². The fraction of sp³-hybridized carbons (Fsp3) is 0.467. The predicted molar refractivity (Wildman–Crippen MR) is 92.0 cm³/mol. The largest absolute Gasteiger partial charge is 0.454 e. The van der Waals surface area contributed by atoms with Gasteiger partial charge in [-0.05, 0) is 47.9 Å². The molecule has 0 bridgehead atoms. The summed E-state index contributed by atoms with van der Waals surface area (Å²) in [5.41, 5.74) is 0.0834. The van der Waals surface area contributed by atoms with Gasteiger partial charge in [0.25, 0.3) is 0 Å². The lowest BCUT2D eigenvalue weighted by molar-refractivity contribution is 0.0456. The van der Waals surface area contributed by atoms with Crippen molar-refractivity contribution in [2.24, 2.45) is 0 Å². The van der Waals surface area contributed by atoms with E-state index in [1.165, 1.54) is 18.2 Å². The smallest absolute Gasteiger partial charge is 0.338 e. The number of esters is 1. The third kappa shape index (κ3) is 4.37. The number of nitrogens with zero attached hydrogens (tertiary/aromatic N) is 4. The molecule has 11 heteroatoms. The first-order valence-corrected chi connectivity index (χ1v) is 10.0. The van der Waals surface area contributed by atoms with Crippen LogP contribution in [0.2, 0.25) is 5.02 Å². The van der Waals surface area contributed by atoms with Gasteiger partial charge in [-0.25, -0.2) is 22.6 Å². The number of halogens is 1. The van der Waals surface area contributed by atoms with E-state index < -0.39 is 16.0 Å². The van der Waals surface area contributed by atoms with Crippen molar-refractivity contribution in [1.82, 2.24) is 24.9 Å². The van der Waals surface area contributed by atoms with Crippen molar-refractivity contribution in [3.63, 3.8) is 0 Å². The molecule has 0 saturated heterocycles. The van der Waals surface area contributed by atoms with Crippen LogP contribution in [0.4, 0.5) is 0 Å². The van der Waals surface area contributed by atoms with Gasteiger partial charge in [0.15, 0.2) is 12.4 Å². The Hall–Kier alpha value is -2.04. The molecule has 0 unspecified atom stereocenters. The van der Waals surface area contributed by atoms with E-state index in [0.717, 1.165) is 19.3 Å². The zero-order chi connectivity index (χ0) is 18.7. The summed E-state index contributed by atoms with van der Waals surface area (Å²) in [4.78, 5) is 12.1. The number of tetrazole rings is 1. The van der Waals surface area contributed by atoms with Crippen molar-refractivity contribution in [1.29, 1.82) is 0 Å². The fourth-order valence-electron chi connectivity index (χ4n) is 2.25. The van der Waals surface area contributed by atoms with Crippen LogP contribution in [0.3, 0.4) is 0 Å². The van der Waals surface area contributed by atoms with Crippen LogP contribution in [0.5, 0.6) is 0 Å². The van der Waals surface area contributed by atoms with Gasteiger partial charge in [-0.3, -0.25) is 0 Å². The molecular formula is C15H18ClN5O4S. The SMILES string of the molecule is CCCn1nnnc1COC(=O)c1ccc(Cl)c(S(=O)(=O)NC2CC2)c1. The lowest BCUT2D eigenvalue weighted by atomic mass is 10.2. The minimum absolute atomic E-state index is 0.0431. The van der Waals surface area contributed by atoms with Crippen molar-refractivity contribution >= 4 is 27.6 Å². The Kier molecular flexibility index (Phi) is 5.54. The van der Waals surface area contributed by atoms with Crippen molar-refractivity contribution in [3.8, 4) is 0 Å². The van der Waals surface area contributed by atoms with E-state index in [2.05, 4.69) is 20.2 Å². The molecule has 1 aliphatic carbocycles. The van der Waals surface area contributed by atoms with Gasteiger partial charge in [-0.1, -0.05) is 18.5 Å². The first kappa shape index (κ1) is 18.7. The molecule has 0 aliphatic heterocycles. The molecule has 1 heterocycles. The quantitative estimate of drug-likeness (QED) is 0.669. The van der Waals surface area contributed by atoms with Crippen molar-refractivity contribution < 1.29 is 17.9 Å². The minimum Gasteiger partial charge on any atom is -0.454 e. The van der Waals surface area contributed by atoms with Crippen LogP contribution in [-0.2, 0) is 27.9 Å². The highest BCUT2D eigenvalue weighted by Gasteiger charge is 2.29. The molecule has 3 rings (SSSR count). The van der Waals surface area contributed by atoms with Crippen LogP contribution in [0, 0.1) is 0 Å². The first-order valence-electron chi connectivity index (χ1n) is 8.14. The third-order valence-electron chi connectivity index (χ3n) is 3.73.